The van der Waals surface area contributed by atoms with Crippen LogP contribution in [0.15, 0.2) is 0 Å². The lowest BCUT2D eigenvalue weighted by Crippen LogP contribution is -2.55. The number of fused-ring (bicyclic) bond motifs is 2. The lowest BCUT2D eigenvalue weighted by molar-refractivity contribution is -0.170. The topological polar surface area (TPSA) is 21.3 Å². The zero-order valence-electron chi connectivity index (χ0n) is 5.76. The van der Waals surface area contributed by atoms with Crippen LogP contribution in [0.25, 0.3) is 0 Å². The van der Waals surface area contributed by atoms with Gasteiger partial charge in [-0.25, -0.2) is 0 Å². The van der Waals surface area contributed by atoms with Crippen LogP contribution in [-0.4, -0.2) is 25.3 Å². The normalized spacial score (nSPS) is 48.3. The second kappa shape index (κ2) is 1.96. The molecule has 0 radical (unpaired) electrons. The first-order chi connectivity index (χ1) is 4.40. The van der Waals surface area contributed by atoms with Crippen LogP contribution in [0, 0.1) is 0 Å². The Morgan fingerprint density at radius 1 is 1.44 bits per heavy atom. The largest absolute Gasteiger partial charge is 0.373 e. The minimum absolute atomic E-state index is 0.550. The molecule has 3 fully saturated rings. The van der Waals surface area contributed by atoms with Crippen molar-refractivity contribution < 1.29 is 4.74 Å². The Bertz CT molecular complexity index is 107. The van der Waals surface area contributed by atoms with E-state index in [4.69, 9.17) is 4.74 Å². The molecule has 1 aliphatic carbocycles. The summed E-state index contributed by atoms with van der Waals surface area (Å²) in [6, 6.07) is 0.648. The second-order valence-electron chi connectivity index (χ2n) is 3.00. The fourth-order valence-electron chi connectivity index (χ4n) is 1.82. The van der Waals surface area contributed by atoms with Gasteiger partial charge in [0, 0.05) is 12.5 Å². The summed E-state index contributed by atoms with van der Waals surface area (Å²) in [6.07, 6.45) is 5.05. The zero-order valence-corrected chi connectivity index (χ0v) is 5.76. The van der Waals surface area contributed by atoms with Crippen LogP contribution >= 0.6 is 0 Å². The first-order valence-corrected chi connectivity index (χ1v) is 3.73. The molecule has 2 aliphatic heterocycles. The van der Waals surface area contributed by atoms with Gasteiger partial charge < -0.3 is 10.1 Å². The van der Waals surface area contributed by atoms with Crippen molar-refractivity contribution in [2.45, 2.75) is 37.5 Å². The van der Waals surface area contributed by atoms with E-state index < -0.39 is 0 Å². The molecule has 2 heteroatoms. The van der Waals surface area contributed by atoms with Crippen LogP contribution < -0.4 is 5.32 Å². The molecule has 0 aromatic heterocycles. The molecule has 0 spiro atoms. The summed E-state index contributed by atoms with van der Waals surface area (Å²) >= 11 is 0. The van der Waals surface area contributed by atoms with Crippen molar-refractivity contribution >= 4 is 0 Å². The van der Waals surface area contributed by atoms with Gasteiger partial charge in [-0.2, -0.15) is 0 Å². The minimum Gasteiger partial charge on any atom is -0.373 e. The standard InChI is InChI=1S/C7H13NO/c1-8-6-3-2-5-4-7(6)9-5/h5-8H,2-4H2,1H3. The van der Waals surface area contributed by atoms with Gasteiger partial charge >= 0.3 is 0 Å². The first-order valence-electron chi connectivity index (χ1n) is 3.73. The molecule has 9 heavy (non-hydrogen) atoms. The Kier molecular flexibility index (Phi) is 1.24. The van der Waals surface area contributed by atoms with E-state index in [0.717, 1.165) is 0 Å². The summed E-state index contributed by atoms with van der Waals surface area (Å²) in [5.74, 6) is 0. The number of hydrogen-bond acceptors (Lipinski definition) is 2. The summed E-state index contributed by atoms with van der Waals surface area (Å²) in [5.41, 5.74) is 0. The summed E-state index contributed by atoms with van der Waals surface area (Å²) in [7, 11) is 2.02. The van der Waals surface area contributed by atoms with Crippen LogP contribution in [0.2, 0.25) is 0 Å². The highest BCUT2D eigenvalue weighted by Crippen LogP contribution is 2.34. The van der Waals surface area contributed by atoms with Gasteiger partial charge in [0.25, 0.3) is 0 Å². The number of likely N-dealkylation sites (N-methyl/N-ethyl adjacent to an activating group) is 1. The average molecular weight is 127 g/mol. The van der Waals surface area contributed by atoms with E-state index in [1.165, 1.54) is 19.3 Å². The fraction of sp³-hybridized carbons (Fsp3) is 1.00. The smallest absolute Gasteiger partial charge is 0.0756 e. The highest BCUT2D eigenvalue weighted by molar-refractivity contribution is 4.92. The third-order valence-corrected chi connectivity index (χ3v) is 2.48. The Morgan fingerprint density at radius 3 is 2.56 bits per heavy atom. The Morgan fingerprint density at radius 2 is 2.22 bits per heavy atom. The van der Waals surface area contributed by atoms with E-state index in [2.05, 4.69) is 5.32 Å². The molecule has 2 saturated heterocycles. The zero-order chi connectivity index (χ0) is 6.27. The Balaban J connectivity index is 1.94. The molecule has 0 aromatic carbocycles. The molecule has 1 saturated carbocycles. The van der Waals surface area contributed by atoms with Gasteiger partial charge in [-0.05, 0) is 19.9 Å². The highest BCUT2D eigenvalue weighted by atomic mass is 16.5. The summed E-state index contributed by atoms with van der Waals surface area (Å²) in [4.78, 5) is 0. The predicted octanol–water partition coefficient (Wildman–Crippen LogP) is 0.526. The molecule has 0 amide bonds. The molecular formula is C7H13NO. The van der Waals surface area contributed by atoms with Crippen molar-refractivity contribution in [3.8, 4) is 0 Å². The maximum atomic E-state index is 5.52. The summed E-state index contributed by atoms with van der Waals surface area (Å²) in [5, 5.41) is 3.27. The molecule has 3 aliphatic rings. The van der Waals surface area contributed by atoms with Crippen LogP contribution in [0.3, 0.4) is 0 Å². The van der Waals surface area contributed by atoms with Gasteiger partial charge in [-0.15, -0.1) is 0 Å². The third kappa shape index (κ3) is 0.775. The van der Waals surface area contributed by atoms with E-state index >= 15 is 0 Å². The molecule has 3 rings (SSSR count). The maximum absolute atomic E-state index is 5.52. The third-order valence-electron chi connectivity index (χ3n) is 2.48. The fourth-order valence-corrected chi connectivity index (χ4v) is 1.82. The molecule has 3 unspecified atom stereocenters. The molecule has 52 valence electrons. The van der Waals surface area contributed by atoms with Gasteiger partial charge in [0.2, 0.25) is 0 Å². The average Bonchev–Trinajstić information content (AvgIpc) is 1.86. The van der Waals surface area contributed by atoms with Crippen LogP contribution in [0.1, 0.15) is 19.3 Å². The highest BCUT2D eigenvalue weighted by Gasteiger charge is 2.40. The van der Waals surface area contributed by atoms with Crippen molar-refractivity contribution in [2.24, 2.45) is 0 Å². The minimum atomic E-state index is 0.550. The van der Waals surface area contributed by atoms with Gasteiger partial charge in [0.05, 0.1) is 12.2 Å². The summed E-state index contributed by atoms with van der Waals surface area (Å²) in [6.45, 7) is 0. The van der Waals surface area contributed by atoms with Crippen LogP contribution in [0.4, 0.5) is 0 Å². The van der Waals surface area contributed by atoms with Gasteiger partial charge in [0.1, 0.15) is 0 Å². The van der Waals surface area contributed by atoms with Crippen molar-refractivity contribution in [2.75, 3.05) is 7.05 Å². The molecule has 1 N–H and O–H groups in total. The quantitative estimate of drug-likeness (QED) is 0.554. The van der Waals surface area contributed by atoms with E-state index in [1.54, 1.807) is 0 Å². The second-order valence-corrected chi connectivity index (χ2v) is 3.00. The van der Waals surface area contributed by atoms with Crippen molar-refractivity contribution in [1.82, 2.24) is 5.32 Å². The first kappa shape index (κ1) is 5.69. The molecule has 0 aromatic rings. The number of nitrogens with one attached hydrogen (secondary N) is 1. The predicted molar refractivity (Wildman–Crippen MR) is 35.4 cm³/mol. The van der Waals surface area contributed by atoms with Crippen molar-refractivity contribution in [1.29, 1.82) is 0 Å². The van der Waals surface area contributed by atoms with Crippen LogP contribution in [-0.2, 0) is 4.74 Å². The number of hydrogen-bond donors (Lipinski definition) is 1. The van der Waals surface area contributed by atoms with Gasteiger partial charge in [-0.1, -0.05) is 0 Å². The number of rotatable bonds is 1. The lowest BCUT2D eigenvalue weighted by Gasteiger charge is -2.46. The summed E-state index contributed by atoms with van der Waals surface area (Å²) < 4.78 is 5.52. The van der Waals surface area contributed by atoms with E-state index in [-0.39, 0.29) is 0 Å². The monoisotopic (exact) mass is 127 g/mol. The number of ether oxygens (including phenoxy) is 1. The van der Waals surface area contributed by atoms with Crippen molar-refractivity contribution in [3.05, 3.63) is 0 Å². The Labute approximate surface area is 55.6 Å². The lowest BCUT2D eigenvalue weighted by atomic mass is 9.85. The SMILES string of the molecule is CNC1CCC2CC1O2. The van der Waals surface area contributed by atoms with E-state index in [0.29, 0.717) is 18.2 Å². The molecule has 2 nitrogen and oxygen atoms in total. The molecule has 3 atom stereocenters. The van der Waals surface area contributed by atoms with Gasteiger partial charge in [0.15, 0.2) is 0 Å². The van der Waals surface area contributed by atoms with Gasteiger partial charge in [-0.3, -0.25) is 0 Å². The molecule has 2 heterocycles. The maximum Gasteiger partial charge on any atom is 0.0756 e. The van der Waals surface area contributed by atoms with E-state index in [9.17, 15) is 0 Å². The van der Waals surface area contributed by atoms with E-state index in [1.807, 2.05) is 7.05 Å². The molecule has 2 bridgehead atoms. The Hall–Kier alpha value is -0.0800. The van der Waals surface area contributed by atoms with Crippen LogP contribution in [0.5, 0.6) is 0 Å². The molecular weight excluding hydrogens is 114 g/mol. The van der Waals surface area contributed by atoms with Crippen molar-refractivity contribution in [3.63, 3.8) is 0 Å².